The number of piperidine rings is 1. The molecule has 1 saturated heterocycles. The van der Waals surface area contributed by atoms with E-state index < -0.39 is 0 Å². The first-order valence-corrected chi connectivity index (χ1v) is 9.36. The lowest BCUT2D eigenvalue weighted by Crippen LogP contribution is -2.54. The molecule has 1 N–H and O–H groups in total. The van der Waals surface area contributed by atoms with Gasteiger partial charge >= 0.3 is 0 Å². The molecule has 0 unspecified atom stereocenters. The highest BCUT2D eigenvalue weighted by Crippen LogP contribution is 2.45. The van der Waals surface area contributed by atoms with Gasteiger partial charge in [0.25, 0.3) is 0 Å². The third kappa shape index (κ3) is 3.48. The smallest absolute Gasteiger partial charge is 0.233 e. The topological polar surface area (TPSA) is 32.3 Å². The molecule has 0 radical (unpaired) electrons. The summed E-state index contributed by atoms with van der Waals surface area (Å²) < 4.78 is 0. The Morgan fingerprint density at radius 1 is 1.08 bits per heavy atom. The minimum absolute atomic E-state index is 0. The van der Waals surface area contributed by atoms with Gasteiger partial charge in [-0.2, -0.15) is 0 Å². The Kier molecular flexibility index (Phi) is 5.51. The van der Waals surface area contributed by atoms with E-state index in [1.54, 1.807) is 0 Å². The number of hydrogen-bond donors (Lipinski definition) is 1. The predicted molar refractivity (Wildman–Crippen MR) is 99.5 cm³/mol. The number of halogens is 1. The summed E-state index contributed by atoms with van der Waals surface area (Å²) in [6, 6.07) is 11.1. The summed E-state index contributed by atoms with van der Waals surface area (Å²) in [5.41, 5.74) is 1.01. The Bertz CT molecular complexity index is 546. The molecule has 3 nitrogen and oxygen atoms in total. The van der Waals surface area contributed by atoms with Crippen molar-refractivity contribution < 1.29 is 4.79 Å². The van der Waals surface area contributed by atoms with Crippen LogP contribution in [0.4, 0.5) is 0 Å². The van der Waals surface area contributed by atoms with E-state index in [2.05, 4.69) is 34.5 Å². The maximum atomic E-state index is 13.2. The molecule has 3 fully saturated rings. The average Bonchev–Trinajstić information content (AvgIpc) is 3.38. The van der Waals surface area contributed by atoms with E-state index in [4.69, 9.17) is 0 Å². The summed E-state index contributed by atoms with van der Waals surface area (Å²) >= 11 is 0. The number of nitrogens with zero attached hydrogens (tertiary/aromatic N) is 1. The summed E-state index contributed by atoms with van der Waals surface area (Å²) in [5.74, 6) is 1.32. The molecule has 0 spiro atoms. The van der Waals surface area contributed by atoms with E-state index in [1.807, 2.05) is 6.07 Å². The van der Waals surface area contributed by atoms with Crippen LogP contribution in [0.5, 0.6) is 0 Å². The van der Waals surface area contributed by atoms with Crippen molar-refractivity contribution in [2.45, 2.75) is 56.4 Å². The lowest BCUT2D eigenvalue weighted by Gasteiger charge is -2.45. The molecule has 132 valence electrons. The molecule has 1 amide bonds. The highest BCUT2D eigenvalue weighted by atomic mass is 35.5. The minimum atomic E-state index is -0.213. The van der Waals surface area contributed by atoms with Gasteiger partial charge in [-0.25, -0.2) is 0 Å². The standard InChI is InChI=1S/C20H28N2O.ClH/c23-19(20(11-4-12-20)17-5-2-1-3-6-17)22-13-9-18(10-14-22)21-15-16-7-8-16;/h1-3,5-6,16,18,21H,4,7-15H2;1H. The Morgan fingerprint density at radius 3 is 2.29 bits per heavy atom. The van der Waals surface area contributed by atoms with Crippen LogP contribution in [0.1, 0.15) is 50.5 Å². The van der Waals surface area contributed by atoms with Crippen molar-refractivity contribution in [1.82, 2.24) is 10.2 Å². The van der Waals surface area contributed by atoms with Gasteiger partial charge in [-0.3, -0.25) is 4.79 Å². The number of hydrogen-bond acceptors (Lipinski definition) is 2. The van der Waals surface area contributed by atoms with E-state index >= 15 is 0 Å². The van der Waals surface area contributed by atoms with Crippen molar-refractivity contribution in [2.75, 3.05) is 19.6 Å². The third-order valence-electron chi connectivity index (χ3n) is 6.12. The highest BCUT2D eigenvalue weighted by molar-refractivity contribution is 5.89. The molecule has 2 aliphatic carbocycles. The largest absolute Gasteiger partial charge is 0.342 e. The molecule has 1 heterocycles. The molecule has 2 saturated carbocycles. The van der Waals surface area contributed by atoms with Gasteiger partial charge in [-0.1, -0.05) is 36.8 Å². The SMILES string of the molecule is Cl.O=C(N1CCC(NCC2CC2)CC1)C1(c2ccccc2)CCC1. The second-order valence-electron chi connectivity index (χ2n) is 7.72. The van der Waals surface area contributed by atoms with Gasteiger partial charge < -0.3 is 10.2 Å². The molecule has 24 heavy (non-hydrogen) atoms. The zero-order valence-electron chi connectivity index (χ0n) is 14.4. The van der Waals surface area contributed by atoms with Gasteiger partial charge in [0.05, 0.1) is 5.41 Å². The maximum Gasteiger partial charge on any atom is 0.233 e. The van der Waals surface area contributed by atoms with Crippen LogP contribution < -0.4 is 5.32 Å². The zero-order chi connectivity index (χ0) is 15.7. The lowest BCUT2D eigenvalue weighted by molar-refractivity contribution is -0.142. The first kappa shape index (κ1) is 17.8. The van der Waals surface area contributed by atoms with Crippen LogP contribution in [-0.2, 0) is 10.2 Å². The van der Waals surface area contributed by atoms with Crippen LogP contribution in [-0.4, -0.2) is 36.5 Å². The third-order valence-corrected chi connectivity index (χ3v) is 6.12. The molecule has 0 aromatic heterocycles. The van der Waals surface area contributed by atoms with Crippen LogP contribution in [0.3, 0.4) is 0 Å². The molecule has 1 aromatic rings. The quantitative estimate of drug-likeness (QED) is 0.883. The number of carbonyl (C=O) groups excluding carboxylic acids is 1. The molecular weight excluding hydrogens is 320 g/mol. The first-order valence-electron chi connectivity index (χ1n) is 9.36. The van der Waals surface area contributed by atoms with Crippen LogP contribution >= 0.6 is 12.4 Å². The number of nitrogens with one attached hydrogen (secondary N) is 1. The molecule has 4 rings (SSSR count). The normalized spacial score (nSPS) is 23.2. The van der Waals surface area contributed by atoms with Crippen molar-refractivity contribution in [1.29, 1.82) is 0 Å². The predicted octanol–water partition coefficient (Wildman–Crippen LogP) is 3.52. The monoisotopic (exact) mass is 348 g/mol. The number of rotatable bonds is 5. The van der Waals surface area contributed by atoms with Crippen LogP contribution in [0.25, 0.3) is 0 Å². The summed E-state index contributed by atoms with van der Waals surface area (Å²) in [6.07, 6.45) is 8.27. The van der Waals surface area contributed by atoms with Crippen molar-refractivity contribution in [2.24, 2.45) is 5.92 Å². The van der Waals surface area contributed by atoms with Gasteiger partial charge in [0, 0.05) is 19.1 Å². The fraction of sp³-hybridized carbons (Fsp3) is 0.650. The Morgan fingerprint density at radius 2 is 1.75 bits per heavy atom. The Balaban J connectivity index is 0.00000169. The molecule has 4 heteroatoms. The van der Waals surface area contributed by atoms with E-state index in [-0.39, 0.29) is 17.8 Å². The summed E-state index contributed by atoms with van der Waals surface area (Å²) in [7, 11) is 0. The van der Waals surface area contributed by atoms with Crippen LogP contribution in [0.2, 0.25) is 0 Å². The van der Waals surface area contributed by atoms with Crippen molar-refractivity contribution in [3.63, 3.8) is 0 Å². The van der Waals surface area contributed by atoms with E-state index in [0.29, 0.717) is 11.9 Å². The molecule has 0 bridgehead atoms. The molecular formula is C20H29ClN2O. The maximum absolute atomic E-state index is 13.2. The number of benzene rings is 1. The number of carbonyl (C=O) groups is 1. The van der Waals surface area contributed by atoms with E-state index in [1.165, 1.54) is 31.4 Å². The van der Waals surface area contributed by atoms with Gasteiger partial charge in [-0.15, -0.1) is 12.4 Å². The van der Waals surface area contributed by atoms with Gasteiger partial charge in [0.1, 0.15) is 0 Å². The second-order valence-corrected chi connectivity index (χ2v) is 7.72. The minimum Gasteiger partial charge on any atom is -0.342 e. The van der Waals surface area contributed by atoms with Crippen molar-refractivity contribution in [3.8, 4) is 0 Å². The van der Waals surface area contributed by atoms with Gasteiger partial charge in [0.15, 0.2) is 0 Å². The van der Waals surface area contributed by atoms with Crippen molar-refractivity contribution in [3.05, 3.63) is 35.9 Å². The van der Waals surface area contributed by atoms with Gasteiger partial charge in [0.2, 0.25) is 5.91 Å². The fourth-order valence-electron chi connectivity index (χ4n) is 4.16. The number of amides is 1. The van der Waals surface area contributed by atoms with Gasteiger partial charge in [-0.05, 0) is 56.6 Å². The molecule has 0 atom stereocenters. The first-order chi connectivity index (χ1) is 11.3. The van der Waals surface area contributed by atoms with E-state index in [9.17, 15) is 4.79 Å². The molecule has 3 aliphatic rings. The molecule has 1 aliphatic heterocycles. The van der Waals surface area contributed by atoms with E-state index in [0.717, 1.165) is 44.7 Å². The highest BCUT2D eigenvalue weighted by Gasteiger charge is 2.47. The van der Waals surface area contributed by atoms with Crippen LogP contribution in [0.15, 0.2) is 30.3 Å². The zero-order valence-corrected chi connectivity index (χ0v) is 15.2. The van der Waals surface area contributed by atoms with Crippen molar-refractivity contribution >= 4 is 18.3 Å². The fourth-order valence-corrected chi connectivity index (χ4v) is 4.16. The Hall–Kier alpha value is -1.06. The Labute approximate surface area is 151 Å². The summed E-state index contributed by atoms with van der Waals surface area (Å²) in [4.78, 5) is 15.3. The number of likely N-dealkylation sites (tertiary alicyclic amines) is 1. The second kappa shape index (κ2) is 7.45. The summed E-state index contributed by atoms with van der Waals surface area (Å²) in [6.45, 7) is 3.04. The lowest BCUT2D eigenvalue weighted by atomic mass is 9.63. The summed E-state index contributed by atoms with van der Waals surface area (Å²) in [5, 5.41) is 3.70. The van der Waals surface area contributed by atoms with Crippen LogP contribution in [0, 0.1) is 5.92 Å². The average molecular weight is 349 g/mol. The molecule has 1 aromatic carbocycles.